The first-order valence-electron chi connectivity index (χ1n) is 9.05. The molecule has 7 heteroatoms. The molecular weight excluding hydrogens is 455 g/mol. The fourth-order valence-corrected chi connectivity index (χ4v) is 3.25. The average Bonchev–Trinajstić information content (AvgIpc) is 3.17. The van der Waals surface area contributed by atoms with E-state index in [9.17, 15) is 4.79 Å². The van der Waals surface area contributed by atoms with Crippen LogP contribution < -0.4 is 10.6 Å². The summed E-state index contributed by atoms with van der Waals surface area (Å²) in [6.45, 7) is 5.02. The quantitative estimate of drug-likeness (QED) is 0.394. The van der Waals surface area contributed by atoms with Crippen molar-refractivity contribution in [2.45, 2.75) is 26.3 Å². The van der Waals surface area contributed by atoms with Crippen LogP contribution >= 0.6 is 24.0 Å². The molecule has 0 spiro atoms. The van der Waals surface area contributed by atoms with Crippen LogP contribution in [0.1, 0.15) is 35.9 Å². The number of hydrogen-bond donors (Lipinski definition) is 2. The second-order valence-electron chi connectivity index (χ2n) is 6.73. The summed E-state index contributed by atoms with van der Waals surface area (Å²) < 4.78 is 5.12. The fraction of sp³-hybridized carbons (Fsp3) is 0.400. The average molecular weight is 482 g/mol. The number of furan rings is 1. The smallest absolute Gasteiger partial charge is 0.291 e. The van der Waals surface area contributed by atoms with E-state index in [4.69, 9.17) is 4.42 Å². The number of nitrogens with zero attached hydrogens (tertiary/aromatic N) is 2. The van der Waals surface area contributed by atoms with Crippen molar-refractivity contribution in [3.63, 3.8) is 0 Å². The Kier molecular flexibility index (Phi) is 8.15. The van der Waals surface area contributed by atoms with Crippen molar-refractivity contribution in [1.29, 1.82) is 0 Å². The summed E-state index contributed by atoms with van der Waals surface area (Å²) >= 11 is 0. The number of carbonyl (C=O) groups excluding carboxylic acids is 1. The summed E-state index contributed by atoms with van der Waals surface area (Å²) in [6.07, 6.45) is 3.98. The van der Waals surface area contributed by atoms with Crippen LogP contribution in [0.4, 0.5) is 5.69 Å². The number of likely N-dealkylation sites (tertiary alicyclic amines) is 1. The van der Waals surface area contributed by atoms with E-state index in [1.165, 1.54) is 19.1 Å². The highest BCUT2D eigenvalue weighted by molar-refractivity contribution is 14.0. The zero-order valence-corrected chi connectivity index (χ0v) is 18.1. The molecule has 27 heavy (non-hydrogen) atoms. The van der Waals surface area contributed by atoms with Gasteiger partial charge in [0.1, 0.15) is 0 Å². The maximum atomic E-state index is 12.1. The van der Waals surface area contributed by atoms with Crippen molar-refractivity contribution in [1.82, 2.24) is 10.2 Å². The number of guanidine groups is 1. The van der Waals surface area contributed by atoms with Gasteiger partial charge in [0.05, 0.1) is 6.26 Å². The minimum atomic E-state index is -0.252. The highest BCUT2D eigenvalue weighted by Crippen LogP contribution is 2.16. The Labute approximate surface area is 177 Å². The number of anilines is 1. The number of nitrogens with one attached hydrogen (secondary N) is 2. The molecule has 1 atom stereocenters. The molecule has 2 aromatic rings. The minimum Gasteiger partial charge on any atom is -0.459 e. The molecule has 1 unspecified atom stereocenters. The number of halogens is 1. The van der Waals surface area contributed by atoms with Crippen LogP contribution in [0, 0.1) is 5.92 Å². The molecule has 1 aliphatic heterocycles. The van der Waals surface area contributed by atoms with Crippen LogP contribution in [0.2, 0.25) is 0 Å². The van der Waals surface area contributed by atoms with Gasteiger partial charge in [0.2, 0.25) is 0 Å². The molecule has 1 amide bonds. The van der Waals surface area contributed by atoms with E-state index in [0.29, 0.717) is 18.2 Å². The van der Waals surface area contributed by atoms with Gasteiger partial charge in [0.15, 0.2) is 11.7 Å². The molecule has 146 valence electrons. The predicted molar refractivity (Wildman–Crippen MR) is 119 cm³/mol. The van der Waals surface area contributed by atoms with E-state index in [0.717, 1.165) is 30.3 Å². The molecule has 1 aliphatic rings. The number of amides is 1. The van der Waals surface area contributed by atoms with E-state index in [1.54, 1.807) is 12.1 Å². The van der Waals surface area contributed by atoms with Crippen LogP contribution in [0.5, 0.6) is 0 Å². The van der Waals surface area contributed by atoms with Crippen LogP contribution in [0.3, 0.4) is 0 Å². The molecular formula is C20H27IN4O2. The summed E-state index contributed by atoms with van der Waals surface area (Å²) in [5.41, 5.74) is 1.82. The maximum Gasteiger partial charge on any atom is 0.291 e. The Morgan fingerprint density at radius 1 is 1.33 bits per heavy atom. The van der Waals surface area contributed by atoms with Gasteiger partial charge in [-0.25, -0.2) is 0 Å². The van der Waals surface area contributed by atoms with Crippen LogP contribution in [-0.2, 0) is 6.54 Å². The zero-order chi connectivity index (χ0) is 18.4. The lowest BCUT2D eigenvalue weighted by atomic mass is 10.0. The lowest BCUT2D eigenvalue weighted by Crippen LogP contribution is -2.45. The van der Waals surface area contributed by atoms with Gasteiger partial charge in [-0.05, 0) is 48.6 Å². The predicted octanol–water partition coefficient (Wildman–Crippen LogP) is 3.96. The molecule has 3 rings (SSSR count). The normalized spacial score (nSPS) is 17.2. The molecule has 1 saturated heterocycles. The first-order valence-corrected chi connectivity index (χ1v) is 9.05. The van der Waals surface area contributed by atoms with E-state index in [1.807, 2.05) is 31.3 Å². The molecule has 2 heterocycles. The number of carbonyl (C=O) groups is 1. The molecule has 0 bridgehead atoms. The fourth-order valence-electron chi connectivity index (χ4n) is 3.25. The summed E-state index contributed by atoms with van der Waals surface area (Å²) in [7, 11) is 1.82. The summed E-state index contributed by atoms with van der Waals surface area (Å²) in [5.74, 6) is 1.68. The topological polar surface area (TPSA) is 69.9 Å². The zero-order valence-electron chi connectivity index (χ0n) is 15.8. The Hall–Kier alpha value is -2.03. The van der Waals surface area contributed by atoms with E-state index >= 15 is 0 Å². The Bertz CT molecular complexity index is 761. The Morgan fingerprint density at radius 3 is 2.89 bits per heavy atom. The van der Waals surface area contributed by atoms with Crippen molar-refractivity contribution in [2.75, 3.05) is 25.5 Å². The third kappa shape index (κ3) is 5.98. The molecule has 1 aromatic heterocycles. The van der Waals surface area contributed by atoms with Crippen molar-refractivity contribution in [3.8, 4) is 0 Å². The second-order valence-corrected chi connectivity index (χ2v) is 6.73. The summed E-state index contributed by atoms with van der Waals surface area (Å²) in [6, 6.07) is 11.1. The standard InChI is InChI=1S/C20H26N4O2.HI/c1-15-6-4-10-24(14-15)20(21-2)22-13-16-7-3-8-17(12-16)23-19(25)18-9-5-11-26-18;/h3,5,7-9,11-12,15H,4,6,10,13-14H2,1-2H3,(H,21,22)(H,23,25);1H. The highest BCUT2D eigenvalue weighted by atomic mass is 127. The van der Waals surface area contributed by atoms with Gasteiger partial charge in [-0.1, -0.05) is 19.1 Å². The van der Waals surface area contributed by atoms with Gasteiger partial charge in [0, 0.05) is 32.4 Å². The third-order valence-corrected chi connectivity index (χ3v) is 4.55. The summed E-state index contributed by atoms with van der Waals surface area (Å²) in [5, 5.41) is 6.28. The third-order valence-electron chi connectivity index (χ3n) is 4.55. The van der Waals surface area contributed by atoms with Crippen LogP contribution in [0.25, 0.3) is 0 Å². The lowest BCUT2D eigenvalue weighted by Gasteiger charge is -2.33. The van der Waals surface area contributed by atoms with Crippen molar-refractivity contribution in [3.05, 3.63) is 54.0 Å². The number of benzene rings is 1. The number of aliphatic imine (C=N–C) groups is 1. The van der Waals surface area contributed by atoms with Gasteiger partial charge in [-0.2, -0.15) is 0 Å². The largest absolute Gasteiger partial charge is 0.459 e. The van der Waals surface area contributed by atoms with Gasteiger partial charge in [-0.3, -0.25) is 9.79 Å². The first-order chi connectivity index (χ1) is 12.7. The summed E-state index contributed by atoms with van der Waals surface area (Å²) in [4.78, 5) is 18.8. The molecule has 0 radical (unpaired) electrons. The molecule has 1 fully saturated rings. The van der Waals surface area contributed by atoms with E-state index < -0.39 is 0 Å². The Morgan fingerprint density at radius 2 is 2.19 bits per heavy atom. The Balaban J connectivity index is 0.00000261. The molecule has 1 aromatic carbocycles. The van der Waals surface area contributed by atoms with Crippen molar-refractivity contribution in [2.24, 2.45) is 10.9 Å². The van der Waals surface area contributed by atoms with Crippen LogP contribution in [-0.4, -0.2) is 36.9 Å². The van der Waals surface area contributed by atoms with Crippen molar-refractivity contribution < 1.29 is 9.21 Å². The minimum absolute atomic E-state index is 0. The van der Waals surface area contributed by atoms with Crippen molar-refractivity contribution >= 4 is 41.5 Å². The number of hydrogen-bond acceptors (Lipinski definition) is 3. The lowest BCUT2D eigenvalue weighted by molar-refractivity contribution is 0.0996. The second kappa shape index (κ2) is 10.3. The number of rotatable bonds is 4. The first kappa shape index (κ1) is 21.3. The maximum absolute atomic E-state index is 12.1. The number of piperidine rings is 1. The highest BCUT2D eigenvalue weighted by Gasteiger charge is 2.19. The SMILES string of the molecule is CN=C(NCc1cccc(NC(=O)c2ccco2)c1)N1CCCC(C)C1.I. The molecule has 0 saturated carbocycles. The van der Waals surface area contributed by atoms with E-state index in [2.05, 4.69) is 27.4 Å². The van der Waals surface area contributed by atoms with Gasteiger partial charge < -0.3 is 20.0 Å². The van der Waals surface area contributed by atoms with Gasteiger partial charge >= 0.3 is 0 Å². The molecule has 2 N–H and O–H groups in total. The molecule has 6 nitrogen and oxygen atoms in total. The molecule has 0 aliphatic carbocycles. The van der Waals surface area contributed by atoms with Gasteiger partial charge in [0.25, 0.3) is 5.91 Å². The monoisotopic (exact) mass is 482 g/mol. The van der Waals surface area contributed by atoms with Gasteiger partial charge in [-0.15, -0.1) is 24.0 Å². The van der Waals surface area contributed by atoms with E-state index in [-0.39, 0.29) is 29.9 Å². The van der Waals surface area contributed by atoms with Crippen LogP contribution in [0.15, 0.2) is 52.1 Å².